The quantitative estimate of drug-likeness (QED) is 0.795. The van der Waals surface area contributed by atoms with Gasteiger partial charge in [0.25, 0.3) is 0 Å². The molecule has 0 aliphatic carbocycles. The maximum atomic E-state index is 11.1. The molecule has 2 rings (SSSR count). The van der Waals surface area contributed by atoms with Gasteiger partial charge in [-0.1, -0.05) is 32.0 Å². The van der Waals surface area contributed by atoms with Crippen LogP contribution in [0, 0.1) is 5.92 Å². The Morgan fingerprint density at radius 1 is 1.40 bits per heavy atom. The van der Waals surface area contributed by atoms with Gasteiger partial charge in [0.05, 0.1) is 0 Å². The summed E-state index contributed by atoms with van der Waals surface area (Å²) in [5.74, 6) is -3.04. The lowest BCUT2D eigenvalue weighted by atomic mass is 9.87. The lowest BCUT2D eigenvalue weighted by Gasteiger charge is -2.23. The number of carboxylic acids is 1. The summed E-state index contributed by atoms with van der Waals surface area (Å²) in [5, 5.41) is 9.00. The molecule has 0 fully saturated rings. The van der Waals surface area contributed by atoms with E-state index in [0.717, 1.165) is 12.2 Å². The standard InChI is InChI=1S/C15H20N2O3/c1-15(2)9-17(12-6-4-3-5-11(12)15)8-7-10(13(16)18)14(19)20/h3-6,10H,7-9H2,1-2H3,(H2,16,18)(H,19,20). The van der Waals surface area contributed by atoms with E-state index in [0.29, 0.717) is 6.54 Å². The van der Waals surface area contributed by atoms with Gasteiger partial charge in [-0.2, -0.15) is 0 Å². The number of carbonyl (C=O) groups is 2. The van der Waals surface area contributed by atoms with Crippen molar-refractivity contribution in [1.29, 1.82) is 0 Å². The van der Waals surface area contributed by atoms with Gasteiger partial charge in [-0.15, -0.1) is 0 Å². The fourth-order valence-corrected chi connectivity index (χ4v) is 2.84. The molecule has 0 saturated heterocycles. The number of nitrogens with zero attached hydrogens (tertiary/aromatic N) is 1. The number of hydrogen-bond donors (Lipinski definition) is 2. The number of carboxylic acid groups (broad SMARTS) is 1. The molecule has 20 heavy (non-hydrogen) atoms. The number of benzene rings is 1. The minimum Gasteiger partial charge on any atom is -0.481 e. The van der Waals surface area contributed by atoms with E-state index in [1.54, 1.807) is 0 Å². The molecule has 1 aromatic carbocycles. The highest BCUT2D eigenvalue weighted by atomic mass is 16.4. The summed E-state index contributed by atoms with van der Waals surface area (Å²) in [5.41, 5.74) is 7.53. The van der Waals surface area contributed by atoms with Crippen LogP contribution in [0.25, 0.3) is 0 Å². The first-order chi connectivity index (χ1) is 9.33. The van der Waals surface area contributed by atoms with Crippen molar-refractivity contribution in [1.82, 2.24) is 0 Å². The van der Waals surface area contributed by atoms with E-state index in [4.69, 9.17) is 10.8 Å². The van der Waals surface area contributed by atoms with E-state index in [1.165, 1.54) is 5.56 Å². The topological polar surface area (TPSA) is 83.6 Å². The minimum absolute atomic E-state index is 0.0298. The molecule has 1 amide bonds. The molecule has 3 N–H and O–H groups in total. The minimum atomic E-state index is -1.15. The van der Waals surface area contributed by atoms with Crippen LogP contribution in [0.2, 0.25) is 0 Å². The molecule has 0 radical (unpaired) electrons. The maximum absolute atomic E-state index is 11.1. The molecule has 1 unspecified atom stereocenters. The zero-order valence-corrected chi connectivity index (χ0v) is 11.8. The van der Waals surface area contributed by atoms with Gasteiger partial charge in [0.1, 0.15) is 5.92 Å². The van der Waals surface area contributed by atoms with Crippen LogP contribution < -0.4 is 10.6 Å². The van der Waals surface area contributed by atoms with Crippen molar-refractivity contribution < 1.29 is 14.7 Å². The van der Waals surface area contributed by atoms with Crippen LogP contribution >= 0.6 is 0 Å². The molecule has 1 atom stereocenters. The average Bonchev–Trinajstić information content (AvgIpc) is 2.61. The third kappa shape index (κ3) is 2.61. The summed E-state index contributed by atoms with van der Waals surface area (Å²) in [6.45, 7) is 5.65. The number of fused-ring (bicyclic) bond motifs is 1. The summed E-state index contributed by atoms with van der Waals surface area (Å²) >= 11 is 0. The molecule has 108 valence electrons. The number of anilines is 1. The van der Waals surface area contributed by atoms with E-state index in [1.807, 2.05) is 18.2 Å². The molecule has 0 aromatic heterocycles. The van der Waals surface area contributed by atoms with Crippen molar-refractivity contribution in [3.63, 3.8) is 0 Å². The largest absolute Gasteiger partial charge is 0.481 e. The predicted molar refractivity (Wildman–Crippen MR) is 76.6 cm³/mol. The first kappa shape index (κ1) is 14.4. The molecular weight excluding hydrogens is 256 g/mol. The third-order valence-corrected chi connectivity index (χ3v) is 3.89. The van der Waals surface area contributed by atoms with Crippen LogP contribution in [0.15, 0.2) is 24.3 Å². The number of amides is 1. The smallest absolute Gasteiger partial charge is 0.316 e. The second-order valence-electron chi connectivity index (χ2n) is 5.90. The zero-order chi connectivity index (χ0) is 14.9. The highest BCUT2D eigenvalue weighted by Crippen LogP contribution is 2.40. The molecule has 1 aromatic rings. The number of carbonyl (C=O) groups excluding carboxylic acids is 1. The molecule has 0 saturated carbocycles. The normalized spacial score (nSPS) is 17.6. The molecule has 1 heterocycles. The van der Waals surface area contributed by atoms with Crippen molar-refractivity contribution >= 4 is 17.6 Å². The molecule has 1 aliphatic heterocycles. The van der Waals surface area contributed by atoms with Crippen LogP contribution in [0.4, 0.5) is 5.69 Å². The fraction of sp³-hybridized carbons (Fsp3) is 0.467. The molecule has 0 spiro atoms. The van der Waals surface area contributed by atoms with Crippen molar-refractivity contribution in [2.24, 2.45) is 11.7 Å². The van der Waals surface area contributed by atoms with Crippen molar-refractivity contribution in [2.45, 2.75) is 25.7 Å². The number of para-hydroxylation sites is 1. The Bertz CT molecular complexity index is 526. The Morgan fingerprint density at radius 3 is 2.65 bits per heavy atom. The second-order valence-corrected chi connectivity index (χ2v) is 5.90. The van der Waals surface area contributed by atoms with E-state index in [9.17, 15) is 9.59 Å². The summed E-state index contributed by atoms with van der Waals surface area (Å²) < 4.78 is 0. The van der Waals surface area contributed by atoms with Gasteiger partial charge in [-0.25, -0.2) is 0 Å². The van der Waals surface area contributed by atoms with Crippen LogP contribution in [-0.2, 0) is 15.0 Å². The monoisotopic (exact) mass is 276 g/mol. The number of rotatable bonds is 5. The Balaban J connectivity index is 2.13. The highest BCUT2D eigenvalue weighted by molar-refractivity contribution is 5.96. The van der Waals surface area contributed by atoms with Crippen LogP contribution in [0.3, 0.4) is 0 Å². The first-order valence-electron chi connectivity index (χ1n) is 6.69. The number of hydrogen-bond acceptors (Lipinski definition) is 3. The molecule has 5 heteroatoms. The highest BCUT2D eigenvalue weighted by Gasteiger charge is 2.35. The van der Waals surface area contributed by atoms with E-state index < -0.39 is 17.8 Å². The van der Waals surface area contributed by atoms with Crippen molar-refractivity contribution in [3.8, 4) is 0 Å². The molecule has 1 aliphatic rings. The van der Waals surface area contributed by atoms with E-state index in [2.05, 4.69) is 24.8 Å². The summed E-state index contributed by atoms with van der Waals surface area (Å²) in [6, 6.07) is 8.10. The fourth-order valence-electron chi connectivity index (χ4n) is 2.84. The summed E-state index contributed by atoms with van der Waals surface area (Å²) in [7, 11) is 0. The third-order valence-electron chi connectivity index (χ3n) is 3.89. The van der Waals surface area contributed by atoms with Gasteiger partial charge in [0.2, 0.25) is 5.91 Å². The van der Waals surface area contributed by atoms with Gasteiger partial charge >= 0.3 is 5.97 Å². The van der Waals surface area contributed by atoms with Gasteiger partial charge in [-0.05, 0) is 18.1 Å². The Hall–Kier alpha value is -2.04. The first-order valence-corrected chi connectivity index (χ1v) is 6.69. The average molecular weight is 276 g/mol. The number of aliphatic carboxylic acids is 1. The van der Waals surface area contributed by atoms with Gasteiger partial charge in [0, 0.05) is 24.2 Å². The lowest BCUT2D eigenvalue weighted by Crippen LogP contribution is -2.35. The van der Waals surface area contributed by atoms with Crippen LogP contribution in [-0.4, -0.2) is 30.1 Å². The zero-order valence-electron chi connectivity index (χ0n) is 11.8. The Morgan fingerprint density at radius 2 is 2.05 bits per heavy atom. The Kier molecular flexibility index (Phi) is 3.70. The van der Waals surface area contributed by atoms with Gasteiger partial charge < -0.3 is 15.7 Å². The number of nitrogens with two attached hydrogens (primary N) is 1. The molecule has 5 nitrogen and oxygen atoms in total. The summed E-state index contributed by atoms with van der Waals surface area (Å²) in [4.78, 5) is 24.3. The molecule has 0 bridgehead atoms. The van der Waals surface area contributed by atoms with E-state index in [-0.39, 0.29) is 11.8 Å². The number of primary amides is 1. The summed E-state index contributed by atoms with van der Waals surface area (Å²) in [6.07, 6.45) is 0.231. The lowest BCUT2D eigenvalue weighted by molar-refractivity contribution is -0.146. The maximum Gasteiger partial charge on any atom is 0.316 e. The SMILES string of the molecule is CC1(C)CN(CCC(C(N)=O)C(=O)O)c2ccccc21. The van der Waals surface area contributed by atoms with Gasteiger partial charge in [-0.3, -0.25) is 9.59 Å². The van der Waals surface area contributed by atoms with Crippen molar-refractivity contribution in [2.75, 3.05) is 18.0 Å². The van der Waals surface area contributed by atoms with E-state index >= 15 is 0 Å². The van der Waals surface area contributed by atoms with Gasteiger partial charge in [0.15, 0.2) is 0 Å². The molecular formula is C15H20N2O3. The predicted octanol–water partition coefficient (Wildman–Crippen LogP) is 1.36. The van der Waals surface area contributed by atoms with Crippen LogP contribution in [0.1, 0.15) is 25.8 Å². The van der Waals surface area contributed by atoms with Crippen molar-refractivity contribution in [3.05, 3.63) is 29.8 Å². The second kappa shape index (κ2) is 5.15. The van der Waals surface area contributed by atoms with Crippen LogP contribution in [0.5, 0.6) is 0 Å². The Labute approximate surface area is 118 Å².